The van der Waals surface area contributed by atoms with E-state index in [-0.39, 0.29) is 23.5 Å². The Morgan fingerprint density at radius 3 is 3.12 bits per heavy atom. The number of hydrogen-bond acceptors (Lipinski definition) is 3. The van der Waals surface area contributed by atoms with Crippen LogP contribution in [0, 0.1) is 11.7 Å². The molecule has 1 aromatic rings. The summed E-state index contributed by atoms with van der Waals surface area (Å²) >= 11 is 5.85. The lowest BCUT2D eigenvalue weighted by Gasteiger charge is -2.24. The molecule has 1 heterocycles. The molecule has 3 nitrogen and oxygen atoms in total. The minimum atomic E-state index is -0.429. The van der Waals surface area contributed by atoms with E-state index in [0.717, 1.165) is 0 Å². The molecule has 0 aliphatic carbocycles. The topological polar surface area (TPSA) is 35.5 Å². The van der Waals surface area contributed by atoms with Gasteiger partial charge in [-0.15, -0.1) is 0 Å². The largest absolute Gasteiger partial charge is 0.491 e. The minimum Gasteiger partial charge on any atom is -0.491 e. The molecule has 0 spiro atoms. The standard InChI is InChI=1S/C12H12ClFO3/c1-2-16-12(15)8-3-7-4-9(14)5-10(13)11(7)17-6-8/h4-5,8H,2-3,6H2,1H3. The molecular weight excluding hydrogens is 247 g/mol. The quantitative estimate of drug-likeness (QED) is 0.765. The number of ether oxygens (including phenoxy) is 2. The average Bonchev–Trinajstić information content (AvgIpc) is 2.28. The van der Waals surface area contributed by atoms with Gasteiger partial charge in [-0.2, -0.15) is 0 Å². The highest BCUT2D eigenvalue weighted by Gasteiger charge is 2.28. The third-order valence-corrected chi connectivity index (χ3v) is 2.88. The van der Waals surface area contributed by atoms with Gasteiger partial charge < -0.3 is 9.47 Å². The second-order valence-electron chi connectivity index (χ2n) is 3.84. The molecule has 1 aromatic carbocycles. The zero-order chi connectivity index (χ0) is 12.4. The van der Waals surface area contributed by atoms with Gasteiger partial charge in [-0.3, -0.25) is 4.79 Å². The lowest BCUT2D eigenvalue weighted by molar-refractivity contribution is -0.149. The first-order valence-electron chi connectivity index (χ1n) is 5.39. The smallest absolute Gasteiger partial charge is 0.312 e. The van der Waals surface area contributed by atoms with Gasteiger partial charge in [0.15, 0.2) is 0 Å². The molecule has 0 aromatic heterocycles. The average molecular weight is 259 g/mol. The number of halogens is 2. The van der Waals surface area contributed by atoms with Crippen LogP contribution in [-0.4, -0.2) is 19.2 Å². The summed E-state index contributed by atoms with van der Waals surface area (Å²) in [4.78, 5) is 11.5. The van der Waals surface area contributed by atoms with E-state index in [4.69, 9.17) is 21.1 Å². The maximum atomic E-state index is 13.2. The van der Waals surface area contributed by atoms with Crippen LogP contribution in [0.2, 0.25) is 5.02 Å². The molecule has 5 heteroatoms. The summed E-state index contributed by atoms with van der Waals surface area (Å²) in [6.07, 6.45) is 0.394. The summed E-state index contributed by atoms with van der Waals surface area (Å²) in [6, 6.07) is 2.54. The van der Waals surface area contributed by atoms with Crippen LogP contribution in [0.15, 0.2) is 12.1 Å². The highest BCUT2D eigenvalue weighted by molar-refractivity contribution is 6.32. The van der Waals surface area contributed by atoms with Gasteiger partial charge in [0, 0.05) is 0 Å². The first-order valence-corrected chi connectivity index (χ1v) is 5.77. The monoisotopic (exact) mass is 258 g/mol. The zero-order valence-electron chi connectivity index (χ0n) is 9.33. The van der Waals surface area contributed by atoms with Crippen molar-refractivity contribution in [2.75, 3.05) is 13.2 Å². The van der Waals surface area contributed by atoms with E-state index in [1.54, 1.807) is 6.92 Å². The fourth-order valence-electron chi connectivity index (χ4n) is 1.85. The third-order valence-electron chi connectivity index (χ3n) is 2.60. The van der Waals surface area contributed by atoms with Crippen LogP contribution in [0.5, 0.6) is 5.75 Å². The molecule has 0 fully saturated rings. The molecule has 2 rings (SSSR count). The third kappa shape index (κ3) is 2.52. The van der Waals surface area contributed by atoms with Crippen LogP contribution in [0.4, 0.5) is 4.39 Å². The highest BCUT2D eigenvalue weighted by atomic mass is 35.5. The van der Waals surface area contributed by atoms with Gasteiger partial charge in [0.25, 0.3) is 0 Å². The van der Waals surface area contributed by atoms with Gasteiger partial charge in [-0.1, -0.05) is 11.6 Å². The fraction of sp³-hybridized carbons (Fsp3) is 0.417. The lowest BCUT2D eigenvalue weighted by Crippen LogP contribution is -2.30. The summed E-state index contributed by atoms with van der Waals surface area (Å²) < 4.78 is 23.5. The predicted octanol–water partition coefficient (Wildman–Crippen LogP) is 2.59. The molecule has 0 amide bonds. The van der Waals surface area contributed by atoms with E-state index in [9.17, 15) is 9.18 Å². The molecule has 1 atom stereocenters. The van der Waals surface area contributed by atoms with E-state index in [1.165, 1.54) is 12.1 Å². The van der Waals surface area contributed by atoms with Crippen molar-refractivity contribution in [1.82, 2.24) is 0 Å². The summed E-state index contributed by atoms with van der Waals surface area (Å²) in [5.74, 6) is -0.672. The van der Waals surface area contributed by atoms with Crippen molar-refractivity contribution in [1.29, 1.82) is 0 Å². The fourth-order valence-corrected chi connectivity index (χ4v) is 2.13. The van der Waals surface area contributed by atoms with Crippen molar-refractivity contribution in [2.24, 2.45) is 5.92 Å². The van der Waals surface area contributed by atoms with E-state index in [1.807, 2.05) is 0 Å². The van der Waals surface area contributed by atoms with E-state index >= 15 is 0 Å². The molecule has 1 unspecified atom stereocenters. The Balaban J connectivity index is 2.21. The Labute approximate surface area is 103 Å². The molecule has 0 N–H and O–H groups in total. The molecule has 0 saturated heterocycles. The second-order valence-corrected chi connectivity index (χ2v) is 4.25. The Kier molecular flexibility index (Phi) is 3.52. The Morgan fingerprint density at radius 1 is 1.65 bits per heavy atom. The second kappa shape index (κ2) is 4.92. The molecule has 0 saturated carbocycles. The first-order chi connectivity index (χ1) is 8.11. The number of benzene rings is 1. The van der Waals surface area contributed by atoms with Crippen LogP contribution >= 0.6 is 11.6 Å². The predicted molar refractivity (Wildman–Crippen MR) is 60.7 cm³/mol. The summed E-state index contributed by atoms with van der Waals surface area (Å²) in [6.45, 7) is 2.29. The summed E-state index contributed by atoms with van der Waals surface area (Å²) in [5.41, 5.74) is 0.610. The van der Waals surface area contributed by atoms with Gasteiger partial charge >= 0.3 is 5.97 Å². The van der Waals surface area contributed by atoms with Gasteiger partial charge in [0.05, 0.1) is 17.5 Å². The maximum Gasteiger partial charge on any atom is 0.312 e. The van der Waals surface area contributed by atoms with Gasteiger partial charge in [-0.25, -0.2) is 4.39 Å². The van der Waals surface area contributed by atoms with Crippen molar-refractivity contribution in [3.05, 3.63) is 28.5 Å². The summed E-state index contributed by atoms with van der Waals surface area (Å²) in [7, 11) is 0. The van der Waals surface area contributed by atoms with Crippen LogP contribution in [0.3, 0.4) is 0 Å². The number of carbonyl (C=O) groups excluding carboxylic acids is 1. The van der Waals surface area contributed by atoms with Crippen molar-refractivity contribution in [2.45, 2.75) is 13.3 Å². The number of fused-ring (bicyclic) bond motifs is 1. The maximum absolute atomic E-state index is 13.2. The van der Waals surface area contributed by atoms with Gasteiger partial charge in [-0.05, 0) is 31.0 Å². The van der Waals surface area contributed by atoms with Gasteiger partial charge in [0.2, 0.25) is 0 Å². The van der Waals surface area contributed by atoms with Crippen molar-refractivity contribution in [3.8, 4) is 5.75 Å². The lowest BCUT2D eigenvalue weighted by atomic mass is 9.97. The first kappa shape index (κ1) is 12.2. The van der Waals surface area contributed by atoms with Crippen LogP contribution < -0.4 is 4.74 Å². The van der Waals surface area contributed by atoms with Crippen LogP contribution in [0.1, 0.15) is 12.5 Å². The van der Waals surface area contributed by atoms with Crippen molar-refractivity contribution in [3.63, 3.8) is 0 Å². The SMILES string of the molecule is CCOC(=O)C1COc2c(Cl)cc(F)cc2C1. The molecule has 0 radical (unpaired) electrons. The van der Waals surface area contributed by atoms with Crippen molar-refractivity contribution < 1.29 is 18.7 Å². The number of esters is 1. The van der Waals surface area contributed by atoms with Crippen LogP contribution in [-0.2, 0) is 16.0 Å². The number of hydrogen-bond donors (Lipinski definition) is 0. The molecule has 0 bridgehead atoms. The van der Waals surface area contributed by atoms with Crippen molar-refractivity contribution >= 4 is 17.6 Å². The molecule has 17 heavy (non-hydrogen) atoms. The number of carbonyl (C=O) groups is 1. The molecule has 1 aliphatic heterocycles. The Morgan fingerprint density at radius 2 is 2.41 bits per heavy atom. The van der Waals surface area contributed by atoms with E-state index < -0.39 is 5.82 Å². The van der Waals surface area contributed by atoms with Gasteiger partial charge in [0.1, 0.15) is 18.2 Å². The Hall–Kier alpha value is -1.29. The molecule has 1 aliphatic rings. The van der Waals surface area contributed by atoms with E-state index in [0.29, 0.717) is 24.3 Å². The summed E-state index contributed by atoms with van der Waals surface area (Å²) in [5, 5.41) is 0.238. The Bertz CT molecular complexity index is 448. The minimum absolute atomic E-state index is 0.219. The normalized spacial score (nSPS) is 18.2. The molecular formula is C12H12ClFO3. The van der Waals surface area contributed by atoms with E-state index in [2.05, 4.69) is 0 Å². The zero-order valence-corrected chi connectivity index (χ0v) is 10.1. The molecule has 92 valence electrons. The number of rotatable bonds is 2. The van der Waals surface area contributed by atoms with Crippen LogP contribution in [0.25, 0.3) is 0 Å². The highest BCUT2D eigenvalue weighted by Crippen LogP contribution is 2.35.